The Morgan fingerprint density at radius 2 is 2.00 bits per heavy atom. The number of nitrogens with zero attached hydrogens (tertiary/aromatic N) is 1. The van der Waals surface area contributed by atoms with Gasteiger partial charge in [0.15, 0.2) is 5.96 Å². The summed E-state index contributed by atoms with van der Waals surface area (Å²) in [4.78, 5) is 4.62. The van der Waals surface area contributed by atoms with Gasteiger partial charge in [-0.15, -0.1) is 0 Å². The molecule has 1 unspecified atom stereocenters. The summed E-state index contributed by atoms with van der Waals surface area (Å²) in [6.07, 6.45) is 2.47. The molecular weight excluding hydrogens is 290 g/mol. The van der Waals surface area contributed by atoms with Gasteiger partial charge in [0.2, 0.25) is 0 Å². The standard InChI is InChI=1S/C18H25N3O2/c1-3-19-18(20-12-11-16-10-7-13-23-16)21-14-17(22-2)15-8-5-4-6-9-15/h4-10,13,17H,3,11-12,14H2,1-2H3,(H2,19,20,21). The monoisotopic (exact) mass is 315 g/mol. The second-order valence-corrected chi connectivity index (χ2v) is 5.11. The van der Waals surface area contributed by atoms with Crippen LogP contribution < -0.4 is 10.6 Å². The van der Waals surface area contributed by atoms with Crippen LogP contribution in [0.2, 0.25) is 0 Å². The molecule has 0 aliphatic heterocycles. The molecule has 0 saturated carbocycles. The first kappa shape index (κ1) is 17.1. The molecule has 0 spiro atoms. The van der Waals surface area contributed by atoms with E-state index in [1.54, 1.807) is 13.4 Å². The van der Waals surface area contributed by atoms with Gasteiger partial charge in [-0.05, 0) is 24.6 Å². The highest BCUT2D eigenvalue weighted by Gasteiger charge is 2.09. The Labute approximate surface area is 137 Å². The van der Waals surface area contributed by atoms with Crippen molar-refractivity contribution >= 4 is 5.96 Å². The minimum absolute atomic E-state index is 0.0447. The number of hydrogen-bond acceptors (Lipinski definition) is 3. The van der Waals surface area contributed by atoms with Gasteiger partial charge in [-0.2, -0.15) is 0 Å². The number of hydrogen-bond donors (Lipinski definition) is 2. The average Bonchev–Trinajstić information content (AvgIpc) is 3.10. The lowest BCUT2D eigenvalue weighted by Crippen LogP contribution is -2.38. The molecular formula is C18H25N3O2. The van der Waals surface area contributed by atoms with Crippen LogP contribution in [0.25, 0.3) is 0 Å². The van der Waals surface area contributed by atoms with E-state index in [1.165, 1.54) is 0 Å². The van der Waals surface area contributed by atoms with E-state index in [0.29, 0.717) is 6.54 Å². The fourth-order valence-electron chi connectivity index (χ4n) is 2.26. The van der Waals surface area contributed by atoms with Crippen molar-refractivity contribution in [1.82, 2.24) is 10.6 Å². The summed E-state index contributed by atoms with van der Waals surface area (Å²) < 4.78 is 10.9. The minimum Gasteiger partial charge on any atom is -0.469 e. The van der Waals surface area contributed by atoms with Crippen LogP contribution in [0.15, 0.2) is 58.1 Å². The quantitative estimate of drug-likeness (QED) is 0.581. The number of benzene rings is 1. The molecule has 0 radical (unpaired) electrons. The number of aliphatic imine (C=N–C) groups is 1. The van der Waals surface area contributed by atoms with Crippen LogP contribution in [0.5, 0.6) is 0 Å². The Hall–Kier alpha value is -2.27. The van der Waals surface area contributed by atoms with E-state index in [9.17, 15) is 0 Å². The van der Waals surface area contributed by atoms with E-state index < -0.39 is 0 Å². The second kappa shape index (κ2) is 9.69. The Kier molecular flexibility index (Phi) is 7.20. The summed E-state index contributed by atoms with van der Waals surface area (Å²) in [5.41, 5.74) is 1.13. The van der Waals surface area contributed by atoms with Gasteiger partial charge >= 0.3 is 0 Å². The van der Waals surface area contributed by atoms with E-state index >= 15 is 0 Å². The molecule has 0 amide bonds. The highest BCUT2D eigenvalue weighted by Crippen LogP contribution is 2.16. The maximum absolute atomic E-state index is 5.55. The average molecular weight is 315 g/mol. The van der Waals surface area contributed by atoms with Crippen molar-refractivity contribution in [3.8, 4) is 0 Å². The van der Waals surface area contributed by atoms with Crippen LogP contribution in [0.3, 0.4) is 0 Å². The van der Waals surface area contributed by atoms with Gasteiger partial charge in [0.25, 0.3) is 0 Å². The van der Waals surface area contributed by atoms with Crippen LogP contribution in [-0.4, -0.2) is 32.7 Å². The molecule has 0 fully saturated rings. The van der Waals surface area contributed by atoms with Crippen LogP contribution in [0.1, 0.15) is 24.4 Å². The van der Waals surface area contributed by atoms with Gasteiger partial charge in [0, 0.05) is 26.6 Å². The summed E-state index contributed by atoms with van der Waals surface area (Å²) in [6.45, 7) is 4.20. The fraction of sp³-hybridized carbons (Fsp3) is 0.389. The lowest BCUT2D eigenvalue weighted by atomic mass is 10.1. The molecule has 1 aromatic heterocycles. The van der Waals surface area contributed by atoms with E-state index in [0.717, 1.165) is 36.8 Å². The zero-order valence-electron chi connectivity index (χ0n) is 13.8. The van der Waals surface area contributed by atoms with Gasteiger partial charge in [0.1, 0.15) is 11.9 Å². The second-order valence-electron chi connectivity index (χ2n) is 5.11. The molecule has 0 saturated heterocycles. The summed E-state index contributed by atoms with van der Waals surface area (Å²) >= 11 is 0. The van der Waals surface area contributed by atoms with Gasteiger partial charge < -0.3 is 19.8 Å². The molecule has 5 nitrogen and oxygen atoms in total. The van der Waals surface area contributed by atoms with Crippen LogP contribution in [0, 0.1) is 0 Å². The molecule has 0 aliphatic rings. The van der Waals surface area contributed by atoms with Crippen molar-refractivity contribution < 1.29 is 9.15 Å². The molecule has 23 heavy (non-hydrogen) atoms. The van der Waals surface area contributed by atoms with Crippen molar-refractivity contribution in [3.63, 3.8) is 0 Å². The zero-order valence-corrected chi connectivity index (χ0v) is 13.8. The van der Waals surface area contributed by atoms with Crippen molar-refractivity contribution in [3.05, 3.63) is 60.1 Å². The Morgan fingerprint density at radius 1 is 1.17 bits per heavy atom. The number of guanidine groups is 1. The van der Waals surface area contributed by atoms with E-state index in [1.807, 2.05) is 30.3 Å². The van der Waals surface area contributed by atoms with Gasteiger partial charge in [-0.25, -0.2) is 0 Å². The zero-order chi connectivity index (χ0) is 16.3. The Morgan fingerprint density at radius 3 is 2.65 bits per heavy atom. The largest absolute Gasteiger partial charge is 0.469 e. The van der Waals surface area contributed by atoms with Crippen LogP contribution in [0.4, 0.5) is 0 Å². The highest BCUT2D eigenvalue weighted by atomic mass is 16.5. The maximum atomic E-state index is 5.55. The predicted octanol–water partition coefficient (Wildman–Crippen LogP) is 2.76. The van der Waals surface area contributed by atoms with Gasteiger partial charge in [-0.1, -0.05) is 30.3 Å². The maximum Gasteiger partial charge on any atom is 0.191 e. The molecule has 1 atom stereocenters. The first-order valence-corrected chi connectivity index (χ1v) is 7.95. The molecule has 1 heterocycles. The summed E-state index contributed by atoms with van der Waals surface area (Å²) in [6, 6.07) is 14.0. The number of methoxy groups -OCH3 is 1. The number of rotatable bonds is 8. The van der Waals surface area contributed by atoms with Crippen molar-refractivity contribution in [1.29, 1.82) is 0 Å². The predicted molar refractivity (Wildman–Crippen MR) is 92.6 cm³/mol. The minimum atomic E-state index is -0.0447. The number of furan rings is 1. The topological polar surface area (TPSA) is 58.8 Å². The van der Waals surface area contributed by atoms with Gasteiger partial charge in [-0.3, -0.25) is 4.99 Å². The molecule has 2 rings (SSSR count). The third kappa shape index (κ3) is 5.79. The van der Waals surface area contributed by atoms with E-state index in [2.05, 4.69) is 34.7 Å². The molecule has 1 aromatic carbocycles. The lowest BCUT2D eigenvalue weighted by molar-refractivity contribution is 0.111. The summed E-state index contributed by atoms with van der Waals surface area (Å²) in [5, 5.41) is 6.56. The van der Waals surface area contributed by atoms with Crippen LogP contribution >= 0.6 is 0 Å². The lowest BCUT2D eigenvalue weighted by Gasteiger charge is -2.15. The molecule has 2 N–H and O–H groups in total. The molecule has 0 bridgehead atoms. The van der Waals surface area contributed by atoms with Crippen LogP contribution in [-0.2, 0) is 11.2 Å². The number of ether oxygens (including phenoxy) is 1. The van der Waals surface area contributed by atoms with Gasteiger partial charge in [0.05, 0.1) is 12.8 Å². The number of nitrogens with one attached hydrogen (secondary N) is 2. The SMILES string of the molecule is CCNC(=NCC(OC)c1ccccc1)NCCc1ccco1. The molecule has 5 heteroatoms. The van der Waals surface area contributed by atoms with Crippen molar-refractivity contribution in [2.45, 2.75) is 19.4 Å². The molecule has 2 aromatic rings. The van der Waals surface area contributed by atoms with E-state index in [-0.39, 0.29) is 6.10 Å². The third-order valence-corrected chi connectivity index (χ3v) is 3.46. The first-order valence-electron chi connectivity index (χ1n) is 7.95. The molecule has 124 valence electrons. The Bertz CT molecular complexity index is 567. The van der Waals surface area contributed by atoms with Crippen molar-refractivity contribution in [2.24, 2.45) is 4.99 Å². The smallest absolute Gasteiger partial charge is 0.191 e. The summed E-state index contributed by atoms with van der Waals surface area (Å²) in [7, 11) is 1.71. The Balaban J connectivity index is 1.88. The van der Waals surface area contributed by atoms with E-state index in [4.69, 9.17) is 9.15 Å². The fourth-order valence-corrected chi connectivity index (χ4v) is 2.26. The molecule has 0 aliphatic carbocycles. The summed E-state index contributed by atoms with van der Waals surface area (Å²) in [5.74, 6) is 1.75. The first-order chi connectivity index (χ1) is 11.3. The third-order valence-electron chi connectivity index (χ3n) is 3.46. The normalized spacial score (nSPS) is 12.9. The highest BCUT2D eigenvalue weighted by molar-refractivity contribution is 5.79. The van der Waals surface area contributed by atoms with Crippen molar-refractivity contribution in [2.75, 3.05) is 26.7 Å².